The van der Waals surface area contributed by atoms with Gasteiger partial charge in [0.15, 0.2) is 0 Å². The van der Waals surface area contributed by atoms with Gasteiger partial charge < -0.3 is 16.0 Å². The standard InChI is InChI=1S/C17H18N6O3S/c18-7-11-5-14(23(25)26)1-2-16(11)22-4-3-12(8-22)21-17(24)15(19)6-13-9-27-10-20-13/h1-2,5,9-10,12,15H,3-4,6,8,19H2,(H,21,24)/t12-,15-/m0/s1. The molecular weight excluding hydrogens is 368 g/mol. The van der Waals surface area contributed by atoms with Crippen LogP contribution in [-0.4, -0.2) is 41.0 Å². The number of hydrogen-bond donors (Lipinski definition) is 2. The van der Waals surface area contributed by atoms with Crippen molar-refractivity contribution in [2.75, 3.05) is 18.0 Å². The van der Waals surface area contributed by atoms with Gasteiger partial charge in [0.2, 0.25) is 5.91 Å². The van der Waals surface area contributed by atoms with Crippen molar-refractivity contribution in [3.63, 3.8) is 0 Å². The van der Waals surface area contributed by atoms with Crippen molar-refractivity contribution in [1.29, 1.82) is 5.26 Å². The van der Waals surface area contributed by atoms with Crippen molar-refractivity contribution in [2.45, 2.75) is 24.9 Å². The van der Waals surface area contributed by atoms with Crippen LogP contribution >= 0.6 is 11.3 Å². The van der Waals surface area contributed by atoms with E-state index < -0.39 is 11.0 Å². The van der Waals surface area contributed by atoms with Gasteiger partial charge in [-0.1, -0.05) is 0 Å². The van der Waals surface area contributed by atoms with Crippen molar-refractivity contribution in [3.05, 3.63) is 50.5 Å². The number of nitrogens with one attached hydrogen (secondary N) is 1. The van der Waals surface area contributed by atoms with E-state index in [0.717, 1.165) is 5.69 Å². The first-order valence-electron chi connectivity index (χ1n) is 8.34. The number of non-ortho nitro benzene ring substituents is 1. The van der Waals surface area contributed by atoms with Gasteiger partial charge in [-0.05, 0) is 12.5 Å². The fourth-order valence-corrected chi connectivity index (χ4v) is 3.64. The molecule has 2 aromatic rings. The third-order valence-electron chi connectivity index (χ3n) is 4.44. The zero-order valence-corrected chi connectivity index (χ0v) is 15.2. The van der Waals surface area contributed by atoms with Gasteiger partial charge in [0.05, 0.1) is 33.4 Å². The smallest absolute Gasteiger partial charge is 0.270 e. The number of amides is 1. The third-order valence-corrected chi connectivity index (χ3v) is 5.07. The molecule has 1 aliphatic rings. The van der Waals surface area contributed by atoms with Crippen molar-refractivity contribution in [1.82, 2.24) is 10.3 Å². The van der Waals surface area contributed by atoms with Crippen LogP contribution in [0.4, 0.5) is 11.4 Å². The van der Waals surface area contributed by atoms with E-state index in [2.05, 4.69) is 10.3 Å². The lowest BCUT2D eigenvalue weighted by Crippen LogP contribution is -2.47. The van der Waals surface area contributed by atoms with Crippen LogP contribution in [0.25, 0.3) is 0 Å². The monoisotopic (exact) mass is 386 g/mol. The Morgan fingerprint density at radius 3 is 3.07 bits per heavy atom. The number of nitriles is 1. The molecule has 1 aliphatic heterocycles. The molecule has 1 amide bonds. The molecule has 27 heavy (non-hydrogen) atoms. The second-order valence-electron chi connectivity index (χ2n) is 6.30. The Kier molecular flexibility index (Phi) is 5.63. The minimum atomic E-state index is -0.671. The lowest BCUT2D eigenvalue weighted by molar-refractivity contribution is -0.384. The molecule has 1 saturated heterocycles. The number of rotatable bonds is 6. The zero-order chi connectivity index (χ0) is 19.4. The van der Waals surface area contributed by atoms with Crippen molar-refractivity contribution < 1.29 is 9.72 Å². The summed E-state index contributed by atoms with van der Waals surface area (Å²) in [5.41, 5.74) is 9.21. The minimum absolute atomic E-state index is 0.0966. The highest BCUT2D eigenvalue weighted by Crippen LogP contribution is 2.27. The Morgan fingerprint density at radius 2 is 2.41 bits per heavy atom. The zero-order valence-electron chi connectivity index (χ0n) is 14.4. The van der Waals surface area contributed by atoms with Gasteiger partial charge in [0.25, 0.3) is 5.69 Å². The summed E-state index contributed by atoms with van der Waals surface area (Å²) in [6.07, 6.45) is 1.09. The van der Waals surface area contributed by atoms with Gasteiger partial charge in [0.1, 0.15) is 6.07 Å². The molecule has 2 heterocycles. The first-order chi connectivity index (χ1) is 13.0. The molecule has 0 spiro atoms. The van der Waals surface area contributed by atoms with Crippen molar-refractivity contribution in [2.24, 2.45) is 5.73 Å². The molecule has 0 unspecified atom stereocenters. The molecule has 1 fully saturated rings. The van der Waals surface area contributed by atoms with Crippen LogP contribution in [0, 0.1) is 21.4 Å². The number of nitrogens with zero attached hydrogens (tertiary/aromatic N) is 4. The van der Waals surface area contributed by atoms with Crippen LogP contribution in [0.5, 0.6) is 0 Å². The molecule has 2 atom stereocenters. The third kappa shape index (κ3) is 4.39. The SMILES string of the molecule is N#Cc1cc([N+](=O)[O-])ccc1N1CC[C@H](NC(=O)[C@@H](N)Cc2cscn2)C1. The topological polar surface area (TPSA) is 138 Å². The summed E-state index contributed by atoms with van der Waals surface area (Å²) in [4.78, 5) is 28.7. The van der Waals surface area contributed by atoms with Crippen LogP contribution < -0.4 is 16.0 Å². The molecule has 3 rings (SSSR count). The Morgan fingerprint density at radius 1 is 1.59 bits per heavy atom. The van der Waals surface area contributed by atoms with Gasteiger partial charge in [-0.2, -0.15) is 5.26 Å². The summed E-state index contributed by atoms with van der Waals surface area (Å²) in [7, 11) is 0. The lowest BCUT2D eigenvalue weighted by atomic mass is 10.1. The summed E-state index contributed by atoms with van der Waals surface area (Å²) < 4.78 is 0. The Labute approximate surface area is 159 Å². The number of benzene rings is 1. The average molecular weight is 386 g/mol. The van der Waals surface area contributed by atoms with Gasteiger partial charge in [0, 0.05) is 43.1 Å². The van der Waals surface area contributed by atoms with E-state index in [1.165, 1.54) is 23.5 Å². The second kappa shape index (κ2) is 8.11. The maximum Gasteiger partial charge on any atom is 0.270 e. The summed E-state index contributed by atoms with van der Waals surface area (Å²) in [5.74, 6) is -0.237. The Bertz CT molecular complexity index is 879. The molecule has 1 aromatic heterocycles. The number of anilines is 1. The number of carbonyl (C=O) groups excluding carboxylic acids is 1. The maximum absolute atomic E-state index is 12.3. The van der Waals surface area contributed by atoms with Gasteiger partial charge in [-0.25, -0.2) is 4.98 Å². The van der Waals surface area contributed by atoms with Crippen molar-refractivity contribution >= 4 is 28.6 Å². The number of nitro benzene ring substituents is 1. The highest BCUT2D eigenvalue weighted by Gasteiger charge is 2.28. The molecule has 1 aromatic carbocycles. The first-order valence-corrected chi connectivity index (χ1v) is 9.28. The van der Waals surface area contributed by atoms with Crippen LogP contribution in [0.3, 0.4) is 0 Å². The summed E-state index contributed by atoms with van der Waals surface area (Å²) >= 11 is 1.46. The van der Waals surface area contributed by atoms with Gasteiger partial charge >= 0.3 is 0 Å². The van der Waals surface area contributed by atoms with E-state index in [-0.39, 0.29) is 23.2 Å². The summed E-state index contributed by atoms with van der Waals surface area (Å²) in [5, 5.41) is 25.0. The van der Waals surface area contributed by atoms with Crippen LogP contribution in [0.1, 0.15) is 17.7 Å². The second-order valence-corrected chi connectivity index (χ2v) is 7.02. The van der Waals surface area contributed by atoms with E-state index in [0.29, 0.717) is 31.6 Å². The van der Waals surface area contributed by atoms with Crippen LogP contribution in [0.2, 0.25) is 0 Å². The van der Waals surface area contributed by atoms with Crippen LogP contribution in [-0.2, 0) is 11.2 Å². The molecule has 0 bridgehead atoms. The number of thiazole rings is 1. The molecule has 0 aliphatic carbocycles. The minimum Gasteiger partial charge on any atom is -0.368 e. The maximum atomic E-state index is 12.3. The average Bonchev–Trinajstić information content (AvgIpc) is 3.33. The largest absolute Gasteiger partial charge is 0.368 e. The number of nitrogens with two attached hydrogens (primary N) is 1. The van der Waals surface area contributed by atoms with Crippen LogP contribution in [0.15, 0.2) is 29.1 Å². The summed E-state index contributed by atoms with van der Waals surface area (Å²) in [6, 6.07) is 5.47. The molecule has 0 radical (unpaired) electrons. The first kappa shape index (κ1) is 18.8. The highest BCUT2D eigenvalue weighted by molar-refractivity contribution is 7.07. The molecular formula is C17H18N6O3S. The molecule has 3 N–H and O–H groups in total. The number of aromatic nitrogens is 1. The van der Waals surface area contributed by atoms with E-state index >= 15 is 0 Å². The predicted molar refractivity (Wildman–Crippen MR) is 100 cm³/mol. The molecule has 140 valence electrons. The Balaban J connectivity index is 1.61. The van der Waals surface area contributed by atoms with E-state index in [4.69, 9.17) is 5.73 Å². The fourth-order valence-electron chi connectivity index (χ4n) is 3.06. The lowest BCUT2D eigenvalue weighted by Gasteiger charge is -2.21. The van der Waals surface area contributed by atoms with E-state index in [1.807, 2.05) is 16.3 Å². The normalized spacial score (nSPS) is 17.3. The number of nitro groups is 1. The van der Waals surface area contributed by atoms with Crippen molar-refractivity contribution in [3.8, 4) is 6.07 Å². The predicted octanol–water partition coefficient (Wildman–Crippen LogP) is 1.19. The molecule has 10 heteroatoms. The fraction of sp³-hybridized carbons (Fsp3) is 0.353. The number of hydrogen-bond acceptors (Lipinski definition) is 8. The molecule has 0 saturated carbocycles. The molecule has 9 nitrogen and oxygen atoms in total. The highest BCUT2D eigenvalue weighted by atomic mass is 32.1. The van der Waals surface area contributed by atoms with E-state index in [9.17, 15) is 20.2 Å². The van der Waals surface area contributed by atoms with E-state index in [1.54, 1.807) is 11.6 Å². The Hall–Kier alpha value is -3.03. The number of carbonyl (C=O) groups is 1. The quantitative estimate of drug-likeness (QED) is 0.561. The van der Waals surface area contributed by atoms with Gasteiger partial charge in [-0.3, -0.25) is 14.9 Å². The van der Waals surface area contributed by atoms with Gasteiger partial charge in [-0.15, -0.1) is 11.3 Å². The summed E-state index contributed by atoms with van der Waals surface area (Å²) in [6.45, 7) is 1.15.